The number of anilines is 1. The van der Waals surface area contributed by atoms with Crippen LogP contribution in [-0.2, 0) is 4.79 Å². The molecular formula is C15H20N4O3. The molecule has 22 heavy (non-hydrogen) atoms. The third kappa shape index (κ3) is 4.21. The van der Waals surface area contributed by atoms with E-state index in [-0.39, 0.29) is 18.6 Å². The minimum absolute atomic E-state index is 0.147. The Morgan fingerprint density at radius 2 is 2.18 bits per heavy atom. The van der Waals surface area contributed by atoms with E-state index in [0.29, 0.717) is 17.5 Å². The Labute approximate surface area is 128 Å². The maximum atomic E-state index is 10.7. The fourth-order valence-electron chi connectivity index (χ4n) is 1.80. The molecule has 0 saturated carbocycles. The highest BCUT2D eigenvalue weighted by atomic mass is 16.5. The quantitative estimate of drug-likeness (QED) is 0.813. The standard InChI is InChI=1S/C15H20N4O3/c1-9(2)14-18-15(22-19-14)10(3)17-11-5-4-6-12(7-11)21-8-13(16)20/h4-7,9-10,17H,8H2,1-3H3,(H2,16,20)/t10-/m0/s1. The first-order valence-electron chi connectivity index (χ1n) is 7.07. The molecule has 1 amide bonds. The normalized spacial score (nSPS) is 12.2. The summed E-state index contributed by atoms with van der Waals surface area (Å²) in [5, 5.41) is 7.19. The van der Waals surface area contributed by atoms with E-state index in [1.165, 1.54) is 0 Å². The molecule has 0 aliphatic rings. The topological polar surface area (TPSA) is 103 Å². The van der Waals surface area contributed by atoms with Crippen molar-refractivity contribution < 1.29 is 14.1 Å². The molecule has 0 radical (unpaired) electrons. The first-order valence-corrected chi connectivity index (χ1v) is 7.07. The van der Waals surface area contributed by atoms with Gasteiger partial charge in [-0.2, -0.15) is 4.98 Å². The second kappa shape index (κ2) is 6.93. The van der Waals surface area contributed by atoms with E-state index in [9.17, 15) is 4.79 Å². The van der Waals surface area contributed by atoms with Crippen LogP contribution in [0.4, 0.5) is 5.69 Å². The monoisotopic (exact) mass is 304 g/mol. The minimum Gasteiger partial charge on any atom is -0.484 e. The summed E-state index contributed by atoms with van der Waals surface area (Å²) in [5.41, 5.74) is 5.87. The number of hydrogen-bond acceptors (Lipinski definition) is 6. The molecule has 1 atom stereocenters. The van der Waals surface area contributed by atoms with Crippen LogP contribution in [0.25, 0.3) is 0 Å². The number of nitrogens with zero attached hydrogens (tertiary/aromatic N) is 2. The number of ether oxygens (including phenoxy) is 1. The van der Waals surface area contributed by atoms with Crippen LogP contribution in [-0.4, -0.2) is 22.7 Å². The number of nitrogens with one attached hydrogen (secondary N) is 1. The van der Waals surface area contributed by atoms with Gasteiger partial charge in [0.25, 0.3) is 5.91 Å². The first-order chi connectivity index (χ1) is 10.5. The molecule has 1 heterocycles. The molecule has 7 nitrogen and oxygen atoms in total. The number of benzene rings is 1. The van der Waals surface area contributed by atoms with Crippen LogP contribution in [0.1, 0.15) is 44.4 Å². The maximum Gasteiger partial charge on any atom is 0.255 e. The predicted octanol–water partition coefficient (Wildman–Crippen LogP) is 2.23. The van der Waals surface area contributed by atoms with E-state index in [4.69, 9.17) is 15.0 Å². The van der Waals surface area contributed by atoms with Crippen LogP contribution >= 0.6 is 0 Å². The summed E-state index contributed by atoms with van der Waals surface area (Å²) >= 11 is 0. The number of amides is 1. The van der Waals surface area contributed by atoms with Crippen molar-refractivity contribution in [3.8, 4) is 5.75 Å². The number of nitrogens with two attached hydrogens (primary N) is 1. The third-order valence-electron chi connectivity index (χ3n) is 2.94. The van der Waals surface area contributed by atoms with Gasteiger partial charge in [-0.3, -0.25) is 4.79 Å². The molecule has 0 unspecified atom stereocenters. The Hall–Kier alpha value is -2.57. The lowest BCUT2D eigenvalue weighted by molar-refractivity contribution is -0.119. The van der Waals surface area contributed by atoms with E-state index >= 15 is 0 Å². The second-order valence-corrected chi connectivity index (χ2v) is 5.29. The Morgan fingerprint density at radius 3 is 2.82 bits per heavy atom. The summed E-state index contributed by atoms with van der Waals surface area (Å²) in [6, 6.07) is 7.08. The lowest BCUT2D eigenvalue weighted by Gasteiger charge is -2.12. The molecule has 0 bridgehead atoms. The molecule has 1 aromatic carbocycles. The van der Waals surface area contributed by atoms with Gasteiger partial charge in [0.1, 0.15) is 11.8 Å². The molecular weight excluding hydrogens is 284 g/mol. The lowest BCUT2D eigenvalue weighted by atomic mass is 10.2. The Balaban J connectivity index is 2.02. The highest BCUT2D eigenvalue weighted by Gasteiger charge is 2.16. The number of aromatic nitrogens is 2. The highest BCUT2D eigenvalue weighted by Crippen LogP contribution is 2.23. The summed E-state index contributed by atoms with van der Waals surface area (Å²) in [6.45, 7) is 5.79. The predicted molar refractivity (Wildman–Crippen MR) is 81.6 cm³/mol. The fraction of sp³-hybridized carbons (Fsp3) is 0.400. The van der Waals surface area contributed by atoms with E-state index in [1.807, 2.05) is 32.9 Å². The molecule has 1 aromatic heterocycles. The summed E-state index contributed by atoms with van der Waals surface area (Å²) in [5.74, 6) is 1.47. The van der Waals surface area contributed by atoms with E-state index in [2.05, 4.69) is 15.5 Å². The van der Waals surface area contributed by atoms with Crippen LogP contribution in [0.5, 0.6) is 5.75 Å². The zero-order chi connectivity index (χ0) is 16.1. The largest absolute Gasteiger partial charge is 0.484 e. The number of carbonyl (C=O) groups is 1. The molecule has 0 saturated heterocycles. The minimum atomic E-state index is -0.515. The maximum absolute atomic E-state index is 10.7. The molecule has 7 heteroatoms. The summed E-state index contributed by atoms with van der Waals surface area (Å²) in [7, 11) is 0. The van der Waals surface area contributed by atoms with Gasteiger partial charge in [0.05, 0.1) is 0 Å². The molecule has 3 N–H and O–H groups in total. The lowest BCUT2D eigenvalue weighted by Crippen LogP contribution is -2.20. The van der Waals surface area contributed by atoms with Gasteiger partial charge in [-0.15, -0.1) is 0 Å². The third-order valence-corrected chi connectivity index (χ3v) is 2.94. The van der Waals surface area contributed by atoms with Crippen molar-refractivity contribution in [2.75, 3.05) is 11.9 Å². The van der Waals surface area contributed by atoms with E-state index in [0.717, 1.165) is 5.69 Å². The summed E-state index contributed by atoms with van der Waals surface area (Å²) in [6.07, 6.45) is 0. The Bertz CT molecular complexity index is 639. The summed E-state index contributed by atoms with van der Waals surface area (Å²) < 4.78 is 10.5. The van der Waals surface area contributed by atoms with Crippen molar-refractivity contribution in [3.05, 3.63) is 36.0 Å². The van der Waals surface area contributed by atoms with Gasteiger partial charge in [0, 0.05) is 17.7 Å². The van der Waals surface area contributed by atoms with Crippen molar-refractivity contribution in [1.29, 1.82) is 0 Å². The number of primary amides is 1. The van der Waals surface area contributed by atoms with Crippen molar-refractivity contribution in [2.24, 2.45) is 5.73 Å². The van der Waals surface area contributed by atoms with Crippen LogP contribution in [0.15, 0.2) is 28.8 Å². The van der Waals surface area contributed by atoms with Gasteiger partial charge in [-0.1, -0.05) is 25.1 Å². The molecule has 2 aromatic rings. The van der Waals surface area contributed by atoms with Gasteiger partial charge in [-0.25, -0.2) is 0 Å². The molecule has 0 aliphatic carbocycles. The van der Waals surface area contributed by atoms with Gasteiger partial charge in [-0.05, 0) is 19.1 Å². The van der Waals surface area contributed by atoms with Crippen molar-refractivity contribution >= 4 is 11.6 Å². The van der Waals surface area contributed by atoms with Crippen molar-refractivity contribution in [3.63, 3.8) is 0 Å². The van der Waals surface area contributed by atoms with Gasteiger partial charge < -0.3 is 20.3 Å². The van der Waals surface area contributed by atoms with Crippen molar-refractivity contribution in [1.82, 2.24) is 10.1 Å². The first kappa shape index (κ1) is 15.8. The van der Waals surface area contributed by atoms with Gasteiger partial charge in [0.15, 0.2) is 12.4 Å². The number of carbonyl (C=O) groups excluding carboxylic acids is 1. The number of hydrogen-bond donors (Lipinski definition) is 2. The Kier molecular flexibility index (Phi) is 4.98. The number of rotatable bonds is 7. The average Bonchev–Trinajstić information content (AvgIpc) is 2.95. The molecule has 0 fully saturated rings. The summed E-state index contributed by atoms with van der Waals surface area (Å²) in [4.78, 5) is 15.1. The fourth-order valence-corrected chi connectivity index (χ4v) is 1.80. The van der Waals surface area contributed by atoms with Gasteiger partial charge >= 0.3 is 0 Å². The van der Waals surface area contributed by atoms with Crippen molar-refractivity contribution in [2.45, 2.75) is 32.7 Å². The highest BCUT2D eigenvalue weighted by molar-refractivity contribution is 5.75. The molecule has 118 valence electrons. The SMILES string of the molecule is CC(C)c1noc([C@H](C)Nc2cccc(OCC(N)=O)c2)n1. The zero-order valence-corrected chi connectivity index (χ0v) is 12.9. The van der Waals surface area contributed by atoms with Crippen LogP contribution in [0.3, 0.4) is 0 Å². The van der Waals surface area contributed by atoms with Gasteiger partial charge in [0.2, 0.25) is 5.89 Å². The smallest absolute Gasteiger partial charge is 0.255 e. The van der Waals surface area contributed by atoms with Crippen LogP contribution in [0, 0.1) is 0 Å². The van der Waals surface area contributed by atoms with E-state index < -0.39 is 5.91 Å². The molecule has 0 spiro atoms. The zero-order valence-electron chi connectivity index (χ0n) is 12.9. The molecule has 2 rings (SSSR count). The second-order valence-electron chi connectivity index (χ2n) is 5.29. The van der Waals surface area contributed by atoms with Crippen LogP contribution in [0.2, 0.25) is 0 Å². The van der Waals surface area contributed by atoms with E-state index in [1.54, 1.807) is 12.1 Å². The Morgan fingerprint density at radius 1 is 1.41 bits per heavy atom. The average molecular weight is 304 g/mol. The molecule has 0 aliphatic heterocycles. The van der Waals surface area contributed by atoms with Crippen LogP contribution < -0.4 is 15.8 Å².